The van der Waals surface area contributed by atoms with E-state index in [4.69, 9.17) is 0 Å². The van der Waals surface area contributed by atoms with Crippen molar-refractivity contribution < 1.29 is 8.42 Å². The Morgan fingerprint density at radius 2 is 2.14 bits per heavy atom. The summed E-state index contributed by atoms with van der Waals surface area (Å²) < 4.78 is 28.0. The monoisotopic (exact) mass is 330 g/mol. The summed E-state index contributed by atoms with van der Waals surface area (Å²) in [6.07, 6.45) is 3.91. The molecule has 1 atom stereocenters. The molecule has 0 saturated carbocycles. The van der Waals surface area contributed by atoms with E-state index < -0.39 is 10.0 Å². The first-order chi connectivity index (χ1) is 9.95. The highest BCUT2D eigenvalue weighted by Crippen LogP contribution is 2.29. The van der Waals surface area contributed by atoms with Gasteiger partial charge in [-0.2, -0.15) is 4.31 Å². The zero-order valence-electron chi connectivity index (χ0n) is 13.1. The maximum atomic E-state index is 12.9. The maximum Gasteiger partial charge on any atom is 0.252 e. The molecule has 0 amide bonds. The molecule has 1 aliphatic heterocycles. The van der Waals surface area contributed by atoms with Crippen molar-refractivity contribution in [2.24, 2.45) is 0 Å². The lowest BCUT2D eigenvalue weighted by Gasteiger charge is -2.34. The van der Waals surface area contributed by atoms with Crippen LogP contribution in [0, 0.1) is 0 Å². The number of hydrogen-bond acceptors (Lipinski definition) is 4. The summed E-state index contributed by atoms with van der Waals surface area (Å²) in [5.74, 6) is 0. The van der Waals surface area contributed by atoms with Gasteiger partial charge in [-0.15, -0.1) is 11.3 Å². The molecule has 0 radical (unpaired) electrons. The van der Waals surface area contributed by atoms with Crippen LogP contribution in [-0.4, -0.2) is 37.9 Å². The van der Waals surface area contributed by atoms with Crippen molar-refractivity contribution in [2.75, 3.05) is 13.1 Å². The first-order valence-corrected chi connectivity index (χ1v) is 10.0. The molecule has 1 fully saturated rings. The Morgan fingerprint density at radius 1 is 1.38 bits per heavy atom. The molecule has 21 heavy (non-hydrogen) atoms. The highest BCUT2D eigenvalue weighted by molar-refractivity contribution is 7.91. The Bertz CT molecular complexity index is 552. The van der Waals surface area contributed by atoms with Crippen molar-refractivity contribution in [3.8, 4) is 0 Å². The highest BCUT2D eigenvalue weighted by Gasteiger charge is 2.34. The number of thiophene rings is 1. The van der Waals surface area contributed by atoms with Gasteiger partial charge in [-0.1, -0.05) is 27.2 Å². The summed E-state index contributed by atoms with van der Waals surface area (Å²) in [6.45, 7) is 7.62. The van der Waals surface area contributed by atoms with Gasteiger partial charge in [0.1, 0.15) is 4.21 Å². The number of rotatable bonds is 6. The molecule has 4 nitrogen and oxygen atoms in total. The van der Waals surface area contributed by atoms with Gasteiger partial charge < -0.3 is 5.32 Å². The third kappa shape index (κ3) is 4.06. The van der Waals surface area contributed by atoms with Gasteiger partial charge in [-0.05, 0) is 31.4 Å². The zero-order valence-corrected chi connectivity index (χ0v) is 14.8. The number of aryl methyl sites for hydroxylation is 1. The minimum atomic E-state index is -3.34. The van der Waals surface area contributed by atoms with E-state index in [1.165, 1.54) is 11.3 Å². The van der Waals surface area contributed by atoms with Crippen molar-refractivity contribution >= 4 is 21.4 Å². The Labute approximate surface area is 132 Å². The van der Waals surface area contributed by atoms with Gasteiger partial charge >= 0.3 is 0 Å². The average molecular weight is 331 g/mol. The summed E-state index contributed by atoms with van der Waals surface area (Å²) in [5, 5.41) is 3.38. The molecule has 1 aromatic heterocycles. The van der Waals surface area contributed by atoms with Crippen LogP contribution in [0.4, 0.5) is 0 Å². The predicted molar refractivity (Wildman–Crippen MR) is 88.4 cm³/mol. The fourth-order valence-electron chi connectivity index (χ4n) is 2.67. The van der Waals surface area contributed by atoms with Crippen molar-refractivity contribution in [1.29, 1.82) is 0 Å². The smallest absolute Gasteiger partial charge is 0.252 e. The van der Waals surface area contributed by atoms with Crippen LogP contribution in [0.3, 0.4) is 0 Å². The summed E-state index contributed by atoms with van der Waals surface area (Å²) in [7, 11) is -3.34. The molecule has 1 aliphatic rings. The van der Waals surface area contributed by atoms with Crippen molar-refractivity contribution in [2.45, 2.75) is 62.7 Å². The van der Waals surface area contributed by atoms with Crippen LogP contribution in [0.25, 0.3) is 0 Å². The molecule has 1 unspecified atom stereocenters. The van der Waals surface area contributed by atoms with Crippen LogP contribution in [0.5, 0.6) is 0 Å². The van der Waals surface area contributed by atoms with E-state index in [-0.39, 0.29) is 6.04 Å². The van der Waals surface area contributed by atoms with Gasteiger partial charge in [-0.3, -0.25) is 0 Å². The summed E-state index contributed by atoms with van der Waals surface area (Å²) in [6, 6.07) is 4.16. The molecule has 6 heteroatoms. The second kappa shape index (κ2) is 7.22. The molecular formula is C15H26N2O2S2. The molecule has 0 aromatic carbocycles. The molecule has 1 N–H and O–H groups in total. The number of nitrogens with one attached hydrogen (secondary N) is 1. The van der Waals surface area contributed by atoms with Crippen molar-refractivity contribution in [3.05, 3.63) is 17.0 Å². The average Bonchev–Trinajstić information content (AvgIpc) is 2.95. The summed E-state index contributed by atoms with van der Waals surface area (Å²) in [5.41, 5.74) is 0. The number of sulfonamides is 1. The lowest BCUT2D eigenvalue weighted by atomic mass is 10.0. The lowest BCUT2D eigenvalue weighted by molar-refractivity contribution is 0.242. The van der Waals surface area contributed by atoms with Crippen LogP contribution in [0.2, 0.25) is 0 Å². The summed E-state index contributed by atoms with van der Waals surface area (Å²) >= 11 is 1.41. The van der Waals surface area contributed by atoms with E-state index in [1.807, 2.05) is 6.07 Å². The normalized spacial score (nSPS) is 21.0. The number of piperidine rings is 1. The van der Waals surface area contributed by atoms with Gasteiger partial charge in [0.05, 0.1) is 0 Å². The third-order valence-corrected chi connectivity index (χ3v) is 7.53. The fraction of sp³-hybridized carbons (Fsp3) is 0.733. The van der Waals surface area contributed by atoms with Gasteiger partial charge in [-0.25, -0.2) is 8.42 Å². The predicted octanol–water partition coefficient (Wildman–Crippen LogP) is 2.85. The highest BCUT2D eigenvalue weighted by atomic mass is 32.2. The summed E-state index contributed by atoms with van der Waals surface area (Å²) in [4.78, 5) is 1.13. The van der Waals surface area contributed by atoms with Gasteiger partial charge in [0.15, 0.2) is 0 Å². The second-order valence-corrected chi connectivity index (χ2v) is 9.19. The first-order valence-electron chi connectivity index (χ1n) is 7.79. The van der Waals surface area contributed by atoms with E-state index in [2.05, 4.69) is 26.1 Å². The van der Waals surface area contributed by atoms with Crippen molar-refractivity contribution in [1.82, 2.24) is 9.62 Å². The van der Waals surface area contributed by atoms with Crippen LogP contribution < -0.4 is 5.32 Å². The minimum Gasteiger partial charge on any atom is -0.313 e. The molecule has 0 aliphatic carbocycles. The van der Waals surface area contributed by atoms with Crippen LogP contribution in [-0.2, 0) is 16.4 Å². The Kier molecular flexibility index (Phi) is 5.82. The van der Waals surface area contributed by atoms with Crippen molar-refractivity contribution in [3.63, 3.8) is 0 Å². The largest absolute Gasteiger partial charge is 0.313 e. The van der Waals surface area contributed by atoms with E-state index in [0.717, 1.165) is 37.1 Å². The van der Waals surface area contributed by atoms with E-state index in [1.54, 1.807) is 10.4 Å². The molecule has 0 bridgehead atoms. The minimum absolute atomic E-state index is 0.0818. The fourth-order valence-corrected chi connectivity index (χ4v) is 5.79. The maximum absolute atomic E-state index is 12.9. The quantitative estimate of drug-likeness (QED) is 0.872. The van der Waals surface area contributed by atoms with Gasteiger partial charge in [0.25, 0.3) is 10.0 Å². The Morgan fingerprint density at radius 3 is 2.76 bits per heavy atom. The number of nitrogens with zero attached hydrogens (tertiary/aromatic N) is 1. The standard InChI is InChI=1S/C15H26N2O2S2/c1-4-14-8-9-15(20-14)21(18,19)17-10-6-5-7-13(17)11-16-12(2)3/h8-9,12-13,16H,4-7,10-11H2,1-3H3. The molecule has 2 rings (SSSR count). The Hall–Kier alpha value is -0.430. The van der Waals surface area contributed by atoms with Gasteiger partial charge in [0, 0.05) is 30.1 Å². The molecular weight excluding hydrogens is 304 g/mol. The van der Waals surface area contributed by atoms with E-state index in [9.17, 15) is 8.42 Å². The molecule has 1 saturated heterocycles. The van der Waals surface area contributed by atoms with E-state index in [0.29, 0.717) is 16.8 Å². The van der Waals surface area contributed by atoms with E-state index >= 15 is 0 Å². The molecule has 1 aromatic rings. The molecule has 2 heterocycles. The Balaban J connectivity index is 2.18. The lowest BCUT2D eigenvalue weighted by Crippen LogP contribution is -2.49. The molecule has 0 spiro atoms. The first kappa shape index (κ1) is 16.9. The topological polar surface area (TPSA) is 49.4 Å². The van der Waals surface area contributed by atoms with Crippen LogP contribution >= 0.6 is 11.3 Å². The van der Waals surface area contributed by atoms with Crippen LogP contribution in [0.15, 0.2) is 16.3 Å². The molecule has 120 valence electrons. The zero-order chi connectivity index (χ0) is 15.5. The third-order valence-electron chi connectivity index (χ3n) is 3.88. The van der Waals surface area contributed by atoms with Gasteiger partial charge in [0.2, 0.25) is 0 Å². The van der Waals surface area contributed by atoms with Crippen LogP contribution in [0.1, 0.15) is 44.9 Å². The number of hydrogen-bond donors (Lipinski definition) is 1. The second-order valence-electron chi connectivity index (χ2n) is 5.90. The SMILES string of the molecule is CCc1ccc(S(=O)(=O)N2CCCCC2CNC(C)C)s1.